The van der Waals surface area contributed by atoms with Gasteiger partial charge in [0, 0.05) is 36.2 Å². The molecule has 1 saturated heterocycles. The fourth-order valence-electron chi connectivity index (χ4n) is 2.79. The van der Waals surface area contributed by atoms with Crippen molar-refractivity contribution >= 4 is 11.6 Å². The maximum absolute atomic E-state index is 11.7. The number of nitrogens with one attached hydrogen (secondary N) is 2. The standard InChI is InChI=1S/C17H21N5O/c18-17(23)15-11-21-14(9-13-3-1-2-6-20-13)10-16(15)22-12-4-7-19-8-5-12/h1-3,6,10-12,19H,4-5,7-9H2,(H2,18,23)(H,21,22). The summed E-state index contributed by atoms with van der Waals surface area (Å²) in [5.41, 5.74) is 8.50. The second kappa shape index (κ2) is 7.19. The Bertz CT molecular complexity index is 668. The van der Waals surface area contributed by atoms with Crippen LogP contribution in [0.25, 0.3) is 0 Å². The average molecular weight is 311 g/mol. The molecule has 1 aliphatic rings. The van der Waals surface area contributed by atoms with E-state index < -0.39 is 5.91 Å². The van der Waals surface area contributed by atoms with Crippen molar-refractivity contribution < 1.29 is 4.79 Å². The number of hydrogen-bond donors (Lipinski definition) is 3. The third-order valence-electron chi connectivity index (χ3n) is 4.01. The van der Waals surface area contributed by atoms with Gasteiger partial charge in [0.25, 0.3) is 5.91 Å². The van der Waals surface area contributed by atoms with E-state index in [2.05, 4.69) is 20.6 Å². The summed E-state index contributed by atoms with van der Waals surface area (Å²) in [5, 5.41) is 6.79. The Hall–Kier alpha value is -2.47. The van der Waals surface area contributed by atoms with Gasteiger partial charge in [-0.3, -0.25) is 14.8 Å². The van der Waals surface area contributed by atoms with Crippen LogP contribution in [0.15, 0.2) is 36.7 Å². The topological polar surface area (TPSA) is 92.9 Å². The number of piperidine rings is 1. The van der Waals surface area contributed by atoms with Crippen molar-refractivity contribution in [3.63, 3.8) is 0 Å². The fraction of sp³-hybridized carbons (Fsp3) is 0.353. The lowest BCUT2D eigenvalue weighted by Gasteiger charge is -2.25. The molecule has 6 heteroatoms. The Kier molecular flexibility index (Phi) is 4.83. The van der Waals surface area contributed by atoms with Crippen molar-refractivity contribution in [3.05, 3.63) is 53.6 Å². The van der Waals surface area contributed by atoms with Crippen LogP contribution in [-0.4, -0.2) is 35.0 Å². The van der Waals surface area contributed by atoms with Crippen LogP contribution < -0.4 is 16.4 Å². The highest BCUT2D eigenvalue weighted by Gasteiger charge is 2.17. The number of pyridine rings is 2. The smallest absolute Gasteiger partial charge is 0.252 e. The van der Waals surface area contributed by atoms with Crippen molar-refractivity contribution in [2.24, 2.45) is 5.73 Å². The minimum absolute atomic E-state index is 0.347. The van der Waals surface area contributed by atoms with E-state index in [1.165, 1.54) is 0 Å². The van der Waals surface area contributed by atoms with Crippen molar-refractivity contribution in [1.29, 1.82) is 0 Å². The third kappa shape index (κ3) is 4.04. The van der Waals surface area contributed by atoms with Gasteiger partial charge in [-0.05, 0) is 44.1 Å². The average Bonchev–Trinajstić information content (AvgIpc) is 2.57. The van der Waals surface area contributed by atoms with Crippen LogP contribution >= 0.6 is 0 Å². The first-order valence-corrected chi connectivity index (χ1v) is 7.88. The van der Waals surface area contributed by atoms with E-state index in [0.29, 0.717) is 18.0 Å². The van der Waals surface area contributed by atoms with Crippen molar-refractivity contribution in [2.75, 3.05) is 18.4 Å². The number of aromatic nitrogens is 2. The molecule has 0 unspecified atom stereocenters. The van der Waals surface area contributed by atoms with Crippen LogP contribution in [0.1, 0.15) is 34.6 Å². The Morgan fingerprint density at radius 3 is 2.78 bits per heavy atom. The lowest BCUT2D eigenvalue weighted by atomic mass is 10.0. The molecule has 0 radical (unpaired) electrons. The first kappa shape index (κ1) is 15.4. The maximum Gasteiger partial charge on any atom is 0.252 e. The van der Waals surface area contributed by atoms with Crippen LogP contribution in [0.3, 0.4) is 0 Å². The molecule has 2 aromatic heterocycles. The normalized spacial score (nSPS) is 15.3. The van der Waals surface area contributed by atoms with Crippen molar-refractivity contribution in [3.8, 4) is 0 Å². The SMILES string of the molecule is NC(=O)c1cnc(Cc2ccccn2)cc1NC1CCNCC1. The van der Waals surface area contributed by atoms with E-state index in [1.54, 1.807) is 12.4 Å². The van der Waals surface area contributed by atoms with Crippen LogP contribution in [-0.2, 0) is 6.42 Å². The summed E-state index contributed by atoms with van der Waals surface area (Å²) in [6, 6.07) is 8.06. The number of anilines is 1. The van der Waals surface area contributed by atoms with Gasteiger partial charge in [-0.2, -0.15) is 0 Å². The highest BCUT2D eigenvalue weighted by Crippen LogP contribution is 2.20. The summed E-state index contributed by atoms with van der Waals surface area (Å²) < 4.78 is 0. The third-order valence-corrected chi connectivity index (χ3v) is 4.01. The lowest BCUT2D eigenvalue weighted by molar-refractivity contribution is 0.100. The lowest BCUT2D eigenvalue weighted by Crippen LogP contribution is -2.35. The van der Waals surface area contributed by atoms with Crippen molar-refractivity contribution in [1.82, 2.24) is 15.3 Å². The van der Waals surface area contributed by atoms with E-state index in [4.69, 9.17) is 5.73 Å². The molecule has 0 atom stereocenters. The zero-order valence-corrected chi connectivity index (χ0v) is 13.0. The quantitative estimate of drug-likeness (QED) is 0.774. The summed E-state index contributed by atoms with van der Waals surface area (Å²) in [6.45, 7) is 1.96. The van der Waals surface area contributed by atoms with E-state index in [1.807, 2.05) is 24.3 Å². The molecule has 120 valence electrons. The molecule has 6 nitrogen and oxygen atoms in total. The molecule has 0 aromatic carbocycles. The second-order valence-electron chi connectivity index (χ2n) is 5.75. The Morgan fingerprint density at radius 1 is 1.26 bits per heavy atom. The molecule has 1 amide bonds. The van der Waals surface area contributed by atoms with Gasteiger partial charge in [0.15, 0.2) is 0 Å². The van der Waals surface area contributed by atoms with E-state index in [9.17, 15) is 4.79 Å². The number of nitrogens with zero attached hydrogens (tertiary/aromatic N) is 2. The first-order chi connectivity index (χ1) is 11.2. The summed E-state index contributed by atoms with van der Waals surface area (Å²) >= 11 is 0. The summed E-state index contributed by atoms with van der Waals surface area (Å²) in [4.78, 5) is 20.3. The van der Waals surface area contributed by atoms with Crippen LogP contribution in [0.4, 0.5) is 5.69 Å². The van der Waals surface area contributed by atoms with Gasteiger partial charge < -0.3 is 16.4 Å². The number of nitrogens with two attached hydrogens (primary N) is 1. The van der Waals surface area contributed by atoms with Crippen LogP contribution in [0.2, 0.25) is 0 Å². The zero-order chi connectivity index (χ0) is 16.1. The molecular formula is C17H21N5O. The summed E-state index contributed by atoms with van der Waals surface area (Å²) in [7, 11) is 0. The van der Waals surface area contributed by atoms with Gasteiger partial charge in [0.2, 0.25) is 0 Å². The Balaban J connectivity index is 1.82. The van der Waals surface area contributed by atoms with E-state index in [-0.39, 0.29) is 0 Å². The predicted molar refractivity (Wildman–Crippen MR) is 89.3 cm³/mol. The zero-order valence-electron chi connectivity index (χ0n) is 13.0. The van der Waals surface area contributed by atoms with Gasteiger partial charge in [0.1, 0.15) is 0 Å². The minimum atomic E-state index is -0.460. The number of carbonyl (C=O) groups is 1. The minimum Gasteiger partial charge on any atom is -0.381 e. The molecule has 0 bridgehead atoms. The predicted octanol–water partition coefficient (Wildman–Crippen LogP) is 1.33. The molecule has 3 heterocycles. The van der Waals surface area contributed by atoms with Crippen LogP contribution in [0.5, 0.6) is 0 Å². The monoisotopic (exact) mass is 311 g/mol. The number of amides is 1. The molecule has 0 aliphatic carbocycles. The Morgan fingerprint density at radius 2 is 2.09 bits per heavy atom. The molecule has 4 N–H and O–H groups in total. The molecule has 1 fully saturated rings. The maximum atomic E-state index is 11.7. The first-order valence-electron chi connectivity index (χ1n) is 7.88. The highest BCUT2D eigenvalue weighted by atomic mass is 16.1. The molecule has 3 rings (SSSR count). The molecule has 0 spiro atoms. The molecule has 0 saturated carbocycles. The van der Waals surface area contributed by atoms with Crippen LogP contribution in [0, 0.1) is 0 Å². The Labute approximate surface area is 135 Å². The number of primary amides is 1. The summed E-state index contributed by atoms with van der Waals surface area (Å²) in [5.74, 6) is -0.460. The van der Waals surface area contributed by atoms with Gasteiger partial charge in [-0.25, -0.2) is 0 Å². The van der Waals surface area contributed by atoms with E-state index >= 15 is 0 Å². The number of rotatable bonds is 5. The van der Waals surface area contributed by atoms with Gasteiger partial charge in [-0.1, -0.05) is 6.07 Å². The molecule has 1 aliphatic heterocycles. The molecular weight excluding hydrogens is 290 g/mol. The van der Waals surface area contributed by atoms with Gasteiger partial charge in [-0.15, -0.1) is 0 Å². The van der Waals surface area contributed by atoms with Crippen molar-refractivity contribution in [2.45, 2.75) is 25.3 Å². The van der Waals surface area contributed by atoms with Gasteiger partial charge in [0.05, 0.1) is 11.3 Å². The number of hydrogen-bond acceptors (Lipinski definition) is 5. The second-order valence-corrected chi connectivity index (χ2v) is 5.75. The number of carbonyl (C=O) groups excluding carboxylic acids is 1. The molecule has 2 aromatic rings. The molecule has 23 heavy (non-hydrogen) atoms. The fourth-order valence-corrected chi connectivity index (χ4v) is 2.79. The largest absolute Gasteiger partial charge is 0.381 e. The summed E-state index contributed by atoms with van der Waals surface area (Å²) in [6.07, 6.45) is 6.00. The van der Waals surface area contributed by atoms with E-state index in [0.717, 1.165) is 43.0 Å². The van der Waals surface area contributed by atoms with Gasteiger partial charge >= 0.3 is 0 Å². The highest BCUT2D eigenvalue weighted by molar-refractivity contribution is 5.98.